The lowest BCUT2D eigenvalue weighted by atomic mass is 9.83. The van der Waals surface area contributed by atoms with Crippen LogP contribution in [0.15, 0.2) is 10.9 Å². The number of nitrogens with one attached hydrogen (secondary N) is 2. The van der Waals surface area contributed by atoms with Crippen molar-refractivity contribution in [1.29, 1.82) is 0 Å². The summed E-state index contributed by atoms with van der Waals surface area (Å²) in [6.45, 7) is 0.756. The van der Waals surface area contributed by atoms with Crippen LogP contribution in [0.1, 0.15) is 47.9 Å². The summed E-state index contributed by atoms with van der Waals surface area (Å²) >= 11 is 0. The molecule has 3 aliphatic rings. The van der Waals surface area contributed by atoms with Crippen LogP contribution in [0.25, 0.3) is 0 Å². The fourth-order valence-corrected chi connectivity index (χ4v) is 3.17. The Morgan fingerprint density at radius 2 is 2.11 bits per heavy atom. The van der Waals surface area contributed by atoms with Crippen molar-refractivity contribution < 1.29 is 4.79 Å². The molecule has 0 radical (unpaired) electrons. The van der Waals surface area contributed by atoms with Crippen molar-refractivity contribution in [3.63, 3.8) is 0 Å². The maximum Gasteiger partial charge on any atom is 0.284 e. The number of hydrazine groups is 1. The summed E-state index contributed by atoms with van der Waals surface area (Å²) < 4.78 is 1.77. The number of amides is 1. The topological polar surface area (TPSA) is 76.0 Å². The lowest BCUT2D eigenvalue weighted by Gasteiger charge is -2.21. The normalized spacial score (nSPS) is 24.7. The smallest absolute Gasteiger partial charge is 0.284 e. The van der Waals surface area contributed by atoms with Crippen LogP contribution >= 0.6 is 0 Å². The third-order valence-electron chi connectivity index (χ3n) is 4.16. The molecule has 1 aromatic rings. The lowest BCUT2D eigenvalue weighted by Crippen LogP contribution is -2.37. The zero-order valence-electron chi connectivity index (χ0n) is 11.0. The van der Waals surface area contributed by atoms with Crippen LogP contribution in [0.2, 0.25) is 0 Å². The summed E-state index contributed by atoms with van der Waals surface area (Å²) in [7, 11) is 1.61. The first-order valence-electron chi connectivity index (χ1n) is 6.78. The van der Waals surface area contributed by atoms with Gasteiger partial charge in [0.2, 0.25) is 0 Å². The number of hydrogen-bond acceptors (Lipinski definition) is 4. The molecule has 1 aromatic heterocycles. The first-order chi connectivity index (χ1) is 9.19. The van der Waals surface area contributed by atoms with Gasteiger partial charge in [0.05, 0.1) is 0 Å². The molecule has 1 amide bonds. The standard InChI is InChI=1S/C13H18N4O2/c1-14-16-13(19)10-6-11(18)17-7-8-2-4-9(5-3-8)12(17)15-10/h6,8-9,14H,2-5,7H2,1H3,(H,16,19). The highest BCUT2D eigenvalue weighted by Crippen LogP contribution is 2.38. The van der Waals surface area contributed by atoms with Gasteiger partial charge in [-0.1, -0.05) is 0 Å². The first kappa shape index (κ1) is 12.3. The van der Waals surface area contributed by atoms with Gasteiger partial charge in [-0.25, -0.2) is 10.4 Å². The van der Waals surface area contributed by atoms with E-state index in [1.165, 1.54) is 6.07 Å². The van der Waals surface area contributed by atoms with E-state index in [0.29, 0.717) is 11.8 Å². The quantitative estimate of drug-likeness (QED) is 0.756. The highest BCUT2D eigenvalue weighted by molar-refractivity contribution is 5.91. The van der Waals surface area contributed by atoms with Gasteiger partial charge in [-0.05, 0) is 31.6 Å². The van der Waals surface area contributed by atoms with Gasteiger partial charge < -0.3 is 0 Å². The van der Waals surface area contributed by atoms with Crippen LogP contribution in [-0.2, 0) is 6.54 Å². The number of fused-ring (bicyclic) bond motifs is 2. The van der Waals surface area contributed by atoms with Crippen LogP contribution in [0.3, 0.4) is 0 Å². The lowest BCUT2D eigenvalue weighted by molar-refractivity contribution is 0.0932. The van der Waals surface area contributed by atoms with Gasteiger partial charge in [-0.3, -0.25) is 19.6 Å². The Kier molecular flexibility index (Phi) is 3.10. The second-order valence-electron chi connectivity index (χ2n) is 5.37. The number of carbonyl (C=O) groups excluding carboxylic acids is 1. The van der Waals surface area contributed by atoms with E-state index in [-0.39, 0.29) is 17.2 Å². The monoisotopic (exact) mass is 262 g/mol. The van der Waals surface area contributed by atoms with E-state index in [0.717, 1.165) is 38.1 Å². The van der Waals surface area contributed by atoms with Crippen molar-refractivity contribution >= 4 is 5.91 Å². The molecule has 19 heavy (non-hydrogen) atoms. The molecule has 0 atom stereocenters. The Morgan fingerprint density at radius 1 is 1.37 bits per heavy atom. The molecule has 3 heterocycles. The molecule has 2 N–H and O–H groups in total. The zero-order valence-corrected chi connectivity index (χ0v) is 11.0. The molecule has 1 saturated carbocycles. The van der Waals surface area contributed by atoms with Crippen molar-refractivity contribution in [2.75, 3.05) is 7.05 Å². The molecule has 2 aliphatic heterocycles. The third-order valence-corrected chi connectivity index (χ3v) is 4.16. The summed E-state index contributed by atoms with van der Waals surface area (Å²) in [4.78, 5) is 28.4. The fourth-order valence-electron chi connectivity index (χ4n) is 3.17. The molecule has 2 bridgehead atoms. The van der Waals surface area contributed by atoms with Crippen molar-refractivity contribution in [3.05, 3.63) is 27.9 Å². The van der Waals surface area contributed by atoms with E-state index in [2.05, 4.69) is 15.8 Å². The molecule has 4 rings (SSSR count). The van der Waals surface area contributed by atoms with E-state index < -0.39 is 0 Å². The summed E-state index contributed by atoms with van der Waals surface area (Å²) in [5.41, 5.74) is 5.12. The van der Waals surface area contributed by atoms with Gasteiger partial charge in [0.1, 0.15) is 11.5 Å². The molecule has 1 aliphatic carbocycles. The molecule has 0 saturated heterocycles. The Morgan fingerprint density at radius 3 is 2.79 bits per heavy atom. The predicted molar refractivity (Wildman–Crippen MR) is 69.7 cm³/mol. The highest BCUT2D eigenvalue weighted by Gasteiger charge is 2.31. The summed E-state index contributed by atoms with van der Waals surface area (Å²) in [6.07, 6.45) is 4.47. The second-order valence-corrected chi connectivity index (χ2v) is 5.37. The molecule has 6 heteroatoms. The van der Waals surface area contributed by atoms with E-state index in [9.17, 15) is 9.59 Å². The second kappa shape index (κ2) is 4.77. The number of nitrogens with zero attached hydrogens (tertiary/aromatic N) is 2. The van der Waals surface area contributed by atoms with Crippen molar-refractivity contribution in [2.24, 2.45) is 5.92 Å². The van der Waals surface area contributed by atoms with Crippen molar-refractivity contribution in [1.82, 2.24) is 20.4 Å². The molecular formula is C13H18N4O2. The van der Waals surface area contributed by atoms with E-state index in [4.69, 9.17) is 0 Å². The summed E-state index contributed by atoms with van der Waals surface area (Å²) in [6, 6.07) is 1.33. The Hall–Kier alpha value is -1.69. The Balaban J connectivity index is 2.06. The minimum atomic E-state index is -0.359. The zero-order chi connectivity index (χ0) is 13.4. The minimum Gasteiger partial charge on any atom is -0.296 e. The average Bonchev–Trinajstić information content (AvgIpc) is 2.69. The number of rotatable bonds is 2. The summed E-state index contributed by atoms with van der Waals surface area (Å²) in [5.74, 6) is 1.36. The van der Waals surface area contributed by atoms with Crippen LogP contribution in [0.5, 0.6) is 0 Å². The predicted octanol–water partition coefficient (Wildman–Crippen LogP) is 0.395. The van der Waals surface area contributed by atoms with Crippen LogP contribution in [0.4, 0.5) is 0 Å². The molecular weight excluding hydrogens is 244 g/mol. The van der Waals surface area contributed by atoms with Gasteiger partial charge in [-0.2, -0.15) is 0 Å². The maximum absolute atomic E-state index is 12.2. The summed E-state index contributed by atoms with van der Waals surface area (Å²) in [5, 5.41) is 0. The van der Waals surface area contributed by atoms with Gasteiger partial charge >= 0.3 is 0 Å². The van der Waals surface area contributed by atoms with Crippen LogP contribution in [-0.4, -0.2) is 22.5 Å². The number of carbonyl (C=O) groups is 1. The largest absolute Gasteiger partial charge is 0.296 e. The molecule has 6 nitrogen and oxygen atoms in total. The van der Waals surface area contributed by atoms with Crippen LogP contribution in [0, 0.1) is 5.92 Å². The minimum absolute atomic E-state index is 0.106. The third kappa shape index (κ3) is 2.16. The van der Waals surface area contributed by atoms with Gasteiger partial charge in [-0.15, -0.1) is 0 Å². The Labute approximate surface area is 111 Å². The van der Waals surface area contributed by atoms with E-state index >= 15 is 0 Å². The van der Waals surface area contributed by atoms with Gasteiger partial charge in [0.15, 0.2) is 0 Å². The molecule has 0 unspecified atom stereocenters. The average molecular weight is 262 g/mol. The SMILES string of the molecule is CNNC(=O)c1cc(=O)n2c(n1)C1CCC(CC1)C2. The maximum atomic E-state index is 12.2. The van der Waals surface area contributed by atoms with Crippen molar-refractivity contribution in [2.45, 2.75) is 38.1 Å². The van der Waals surface area contributed by atoms with Crippen LogP contribution < -0.4 is 16.4 Å². The molecule has 0 spiro atoms. The number of hydrogen-bond donors (Lipinski definition) is 2. The highest BCUT2D eigenvalue weighted by atomic mass is 16.2. The fraction of sp³-hybridized carbons (Fsp3) is 0.615. The van der Waals surface area contributed by atoms with Crippen molar-refractivity contribution in [3.8, 4) is 0 Å². The molecule has 1 fully saturated rings. The molecule has 102 valence electrons. The van der Waals surface area contributed by atoms with E-state index in [1.807, 2.05) is 0 Å². The van der Waals surface area contributed by atoms with Gasteiger partial charge in [0.25, 0.3) is 11.5 Å². The number of aromatic nitrogens is 2. The van der Waals surface area contributed by atoms with Gasteiger partial charge in [0, 0.05) is 25.6 Å². The first-order valence-corrected chi connectivity index (χ1v) is 6.78. The molecule has 0 aromatic carbocycles. The Bertz CT molecular complexity index is 558. The van der Waals surface area contributed by atoms with E-state index in [1.54, 1.807) is 11.6 Å².